The van der Waals surface area contributed by atoms with Crippen molar-refractivity contribution in [3.8, 4) is 0 Å². The molecule has 1 saturated heterocycles. The lowest BCUT2D eigenvalue weighted by molar-refractivity contribution is -0.136. The Balaban J connectivity index is 0.00000220. The Labute approximate surface area is 141 Å². The van der Waals surface area contributed by atoms with Crippen LogP contribution in [0.2, 0.25) is 0 Å². The van der Waals surface area contributed by atoms with Gasteiger partial charge in [0, 0.05) is 29.5 Å². The van der Waals surface area contributed by atoms with Gasteiger partial charge in [0.05, 0.1) is 0 Å². The van der Waals surface area contributed by atoms with E-state index in [1.807, 2.05) is 17.0 Å². The SMILES string of the molecule is CCC(Cc1cccc(Br)c1)C(=O)N1CCCC(N)C1.Cl. The standard InChI is InChI=1S/C16H23BrN2O.ClH/c1-2-13(9-12-5-3-6-14(17)10-12)16(20)19-8-4-7-15(18)11-19;/h3,5-6,10,13,15H,2,4,7-9,11,18H2,1H3;1H. The number of hydrogen-bond donors (Lipinski definition) is 1. The summed E-state index contributed by atoms with van der Waals surface area (Å²) in [7, 11) is 0. The van der Waals surface area contributed by atoms with Gasteiger partial charge in [-0.05, 0) is 43.4 Å². The van der Waals surface area contributed by atoms with E-state index in [-0.39, 0.29) is 30.3 Å². The van der Waals surface area contributed by atoms with Gasteiger partial charge in [-0.3, -0.25) is 4.79 Å². The van der Waals surface area contributed by atoms with Crippen molar-refractivity contribution in [1.82, 2.24) is 4.90 Å². The minimum atomic E-state index is 0. The molecular formula is C16H24BrClN2O. The maximum absolute atomic E-state index is 12.6. The first-order valence-electron chi connectivity index (χ1n) is 7.39. The molecule has 21 heavy (non-hydrogen) atoms. The van der Waals surface area contributed by atoms with E-state index in [0.29, 0.717) is 6.54 Å². The van der Waals surface area contributed by atoms with Gasteiger partial charge >= 0.3 is 0 Å². The Morgan fingerprint density at radius 1 is 1.52 bits per heavy atom. The number of halogens is 2. The Hall–Kier alpha value is -0.580. The summed E-state index contributed by atoms with van der Waals surface area (Å²) in [4.78, 5) is 14.6. The number of carbonyl (C=O) groups excluding carboxylic acids is 1. The number of likely N-dealkylation sites (tertiary alicyclic amines) is 1. The van der Waals surface area contributed by atoms with Gasteiger partial charge in [-0.1, -0.05) is 35.0 Å². The first-order chi connectivity index (χ1) is 9.60. The number of carbonyl (C=O) groups is 1. The van der Waals surface area contributed by atoms with Crippen LogP contribution in [0.3, 0.4) is 0 Å². The summed E-state index contributed by atoms with van der Waals surface area (Å²) >= 11 is 3.48. The number of piperidine rings is 1. The largest absolute Gasteiger partial charge is 0.341 e. The molecule has 0 bridgehead atoms. The quantitative estimate of drug-likeness (QED) is 0.877. The summed E-state index contributed by atoms with van der Waals surface area (Å²) in [5.41, 5.74) is 7.19. The number of benzene rings is 1. The summed E-state index contributed by atoms with van der Waals surface area (Å²) < 4.78 is 1.07. The Morgan fingerprint density at radius 3 is 2.90 bits per heavy atom. The molecule has 1 aromatic rings. The van der Waals surface area contributed by atoms with Crippen LogP contribution in [0.15, 0.2) is 28.7 Å². The zero-order valence-electron chi connectivity index (χ0n) is 12.4. The number of nitrogens with two attached hydrogens (primary N) is 1. The second-order valence-corrected chi connectivity index (χ2v) is 6.54. The molecule has 1 amide bonds. The molecule has 2 unspecified atom stereocenters. The minimum Gasteiger partial charge on any atom is -0.341 e. The summed E-state index contributed by atoms with van der Waals surface area (Å²) in [6.45, 7) is 3.67. The predicted octanol–water partition coefficient (Wildman–Crippen LogP) is 3.39. The van der Waals surface area contributed by atoms with Crippen molar-refractivity contribution in [2.75, 3.05) is 13.1 Å². The summed E-state index contributed by atoms with van der Waals surface area (Å²) in [6.07, 6.45) is 3.74. The molecule has 1 fully saturated rings. The molecule has 0 aliphatic carbocycles. The molecule has 1 aliphatic rings. The lowest BCUT2D eigenvalue weighted by Gasteiger charge is -2.33. The van der Waals surface area contributed by atoms with Crippen LogP contribution in [-0.2, 0) is 11.2 Å². The third-order valence-corrected chi connectivity index (χ3v) is 4.48. The van der Waals surface area contributed by atoms with Crippen molar-refractivity contribution in [2.45, 2.75) is 38.6 Å². The molecule has 0 radical (unpaired) electrons. The summed E-state index contributed by atoms with van der Waals surface area (Å²) in [5, 5.41) is 0. The highest BCUT2D eigenvalue weighted by Gasteiger charge is 2.26. The van der Waals surface area contributed by atoms with E-state index in [4.69, 9.17) is 5.73 Å². The maximum Gasteiger partial charge on any atom is 0.226 e. The van der Waals surface area contributed by atoms with Crippen LogP contribution in [0.5, 0.6) is 0 Å². The first-order valence-corrected chi connectivity index (χ1v) is 8.18. The highest BCUT2D eigenvalue weighted by Crippen LogP contribution is 2.20. The molecule has 2 N–H and O–H groups in total. The van der Waals surface area contributed by atoms with Crippen LogP contribution in [0.4, 0.5) is 0 Å². The van der Waals surface area contributed by atoms with Crippen molar-refractivity contribution in [3.63, 3.8) is 0 Å². The maximum atomic E-state index is 12.6. The topological polar surface area (TPSA) is 46.3 Å². The Kier molecular flexibility index (Phi) is 7.71. The van der Waals surface area contributed by atoms with Crippen molar-refractivity contribution in [2.24, 2.45) is 11.7 Å². The van der Waals surface area contributed by atoms with Gasteiger partial charge in [0.25, 0.3) is 0 Å². The van der Waals surface area contributed by atoms with Crippen molar-refractivity contribution >= 4 is 34.2 Å². The first kappa shape index (κ1) is 18.5. The smallest absolute Gasteiger partial charge is 0.226 e. The molecule has 1 aromatic carbocycles. The molecule has 3 nitrogen and oxygen atoms in total. The highest BCUT2D eigenvalue weighted by molar-refractivity contribution is 9.10. The molecule has 2 atom stereocenters. The van der Waals surface area contributed by atoms with E-state index < -0.39 is 0 Å². The second kappa shape index (κ2) is 8.76. The Morgan fingerprint density at radius 2 is 2.29 bits per heavy atom. The average molecular weight is 376 g/mol. The van der Waals surface area contributed by atoms with Crippen LogP contribution >= 0.6 is 28.3 Å². The number of rotatable bonds is 4. The lowest BCUT2D eigenvalue weighted by Crippen LogP contribution is -2.48. The zero-order valence-corrected chi connectivity index (χ0v) is 14.8. The van der Waals surface area contributed by atoms with Gasteiger partial charge in [0.1, 0.15) is 0 Å². The van der Waals surface area contributed by atoms with Crippen molar-refractivity contribution in [1.29, 1.82) is 0 Å². The van der Waals surface area contributed by atoms with Crippen LogP contribution in [0.25, 0.3) is 0 Å². The monoisotopic (exact) mass is 374 g/mol. The average Bonchev–Trinajstić information content (AvgIpc) is 2.44. The Bertz CT molecular complexity index is 469. The molecule has 1 aliphatic heterocycles. The van der Waals surface area contributed by atoms with E-state index in [1.54, 1.807) is 0 Å². The van der Waals surface area contributed by atoms with E-state index >= 15 is 0 Å². The summed E-state index contributed by atoms with van der Waals surface area (Å²) in [5.74, 6) is 0.331. The van der Waals surface area contributed by atoms with Gasteiger partial charge in [-0.25, -0.2) is 0 Å². The fourth-order valence-corrected chi connectivity index (χ4v) is 3.27. The third kappa shape index (κ3) is 5.28. The van der Waals surface area contributed by atoms with Gasteiger partial charge in [-0.2, -0.15) is 0 Å². The zero-order chi connectivity index (χ0) is 14.5. The molecule has 118 valence electrons. The van der Waals surface area contributed by atoms with Crippen LogP contribution in [0.1, 0.15) is 31.7 Å². The molecule has 1 heterocycles. The van der Waals surface area contributed by atoms with Gasteiger partial charge < -0.3 is 10.6 Å². The van der Waals surface area contributed by atoms with Crippen LogP contribution in [0, 0.1) is 5.92 Å². The minimum absolute atomic E-state index is 0. The fourth-order valence-electron chi connectivity index (χ4n) is 2.82. The normalized spacial score (nSPS) is 19.8. The fraction of sp³-hybridized carbons (Fsp3) is 0.562. The number of amides is 1. The molecule has 0 saturated carbocycles. The summed E-state index contributed by atoms with van der Waals surface area (Å²) in [6, 6.07) is 8.36. The highest BCUT2D eigenvalue weighted by atomic mass is 79.9. The molecule has 0 spiro atoms. The van der Waals surface area contributed by atoms with E-state index in [2.05, 4.69) is 35.0 Å². The van der Waals surface area contributed by atoms with Crippen LogP contribution in [-0.4, -0.2) is 29.9 Å². The number of nitrogens with zero attached hydrogens (tertiary/aromatic N) is 1. The van der Waals surface area contributed by atoms with E-state index in [1.165, 1.54) is 5.56 Å². The van der Waals surface area contributed by atoms with E-state index in [9.17, 15) is 4.79 Å². The predicted molar refractivity (Wildman–Crippen MR) is 92.7 cm³/mol. The van der Waals surface area contributed by atoms with Crippen molar-refractivity contribution < 1.29 is 4.79 Å². The van der Waals surface area contributed by atoms with Crippen molar-refractivity contribution in [3.05, 3.63) is 34.3 Å². The van der Waals surface area contributed by atoms with Crippen LogP contribution < -0.4 is 5.73 Å². The number of hydrogen-bond acceptors (Lipinski definition) is 2. The lowest BCUT2D eigenvalue weighted by atomic mass is 9.94. The molecular weight excluding hydrogens is 352 g/mol. The molecule has 0 aromatic heterocycles. The molecule has 5 heteroatoms. The van der Waals surface area contributed by atoms with Gasteiger partial charge in [0.15, 0.2) is 0 Å². The molecule has 2 rings (SSSR count). The van der Waals surface area contributed by atoms with Gasteiger partial charge in [-0.15, -0.1) is 12.4 Å². The second-order valence-electron chi connectivity index (χ2n) is 5.63. The van der Waals surface area contributed by atoms with E-state index in [0.717, 1.165) is 36.7 Å². The van der Waals surface area contributed by atoms with Gasteiger partial charge in [0.2, 0.25) is 5.91 Å². The third-order valence-electron chi connectivity index (χ3n) is 3.98.